The van der Waals surface area contributed by atoms with E-state index in [9.17, 15) is 14.4 Å². The monoisotopic (exact) mass is 358 g/mol. The van der Waals surface area contributed by atoms with Gasteiger partial charge >= 0.3 is 11.7 Å². The van der Waals surface area contributed by atoms with Gasteiger partial charge < -0.3 is 10.4 Å². The molecule has 138 valence electrons. The Bertz CT molecular complexity index is 868. The zero-order chi connectivity index (χ0) is 18.5. The van der Waals surface area contributed by atoms with E-state index in [0.717, 1.165) is 31.6 Å². The minimum Gasteiger partial charge on any atom is -0.478 e. The van der Waals surface area contributed by atoms with E-state index < -0.39 is 5.97 Å². The first-order valence-electron chi connectivity index (χ1n) is 8.80. The summed E-state index contributed by atoms with van der Waals surface area (Å²) < 4.78 is 3.19. The molecule has 1 aromatic heterocycles. The molecule has 0 saturated carbocycles. The molecule has 0 saturated heterocycles. The van der Waals surface area contributed by atoms with Crippen LogP contribution >= 0.6 is 0 Å². The van der Waals surface area contributed by atoms with Crippen LogP contribution in [0.3, 0.4) is 0 Å². The van der Waals surface area contributed by atoms with Gasteiger partial charge in [-0.15, -0.1) is 0 Å². The number of hydrogen-bond acceptors (Lipinski definition) is 4. The van der Waals surface area contributed by atoms with Crippen molar-refractivity contribution in [1.29, 1.82) is 0 Å². The molecule has 2 heterocycles. The maximum atomic E-state index is 12.2. The van der Waals surface area contributed by atoms with Crippen LogP contribution in [-0.2, 0) is 30.7 Å². The molecule has 0 radical (unpaired) electrons. The number of aryl methyl sites for hydroxylation is 2. The molecule has 3 rings (SSSR count). The van der Waals surface area contributed by atoms with Crippen molar-refractivity contribution < 1.29 is 14.7 Å². The van der Waals surface area contributed by atoms with E-state index in [0.29, 0.717) is 25.1 Å². The zero-order valence-corrected chi connectivity index (χ0v) is 14.5. The lowest BCUT2D eigenvalue weighted by molar-refractivity contribution is -0.120. The van der Waals surface area contributed by atoms with Gasteiger partial charge in [0.15, 0.2) is 0 Å². The minimum atomic E-state index is -1.04. The first-order valence-corrected chi connectivity index (χ1v) is 8.80. The molecule has 8 heteroatoms. The largest absolute Gasteiger partial charge is 0.478 e. The SMILES string of the molecule is O=C(Cc1ccccc1C(=O)O)NCCCn1nc2n(c1=O)CCCC2. The number of rotatable bonds is 7. The second-order valence-electron chi connectivity index (χ2n) is 6.37. The molecule has 0 spiro atoms. The average molecular weight is 358 g/mol. The highest BCUT2D eigenvalue weighted by Gasteiger charge is 2.16. The number of aromatic carboxylic acids is 1. The van der Waals surface area contributed by atoms with Crippen molar-refractivity contribution in [3.63, 3.8) is 0 Å². The minimum absolute atomic E-state index is 0.0151. The van der Waals surface area contributed by atoms with E-state index >= 15 is 0 Å². The number of nitrogens with one attached hydrogen (secondary N) is 1. The topological polar surface area (TPSA) is 106 Å². The number of carbonyl (C=O) groups excluding carboxylic acids is 1. The summed E-state index contributed by atoms with van der Waals surface area (Å²) >= 11 is 0. The molecule has 1 aliphatic heterocycles. The van der Waals surface area contributed by atoms with Gasteiger partial charge in [0.05, 0.1) is 12.0 Å². The third-order valence-electron chi connectivity index (χ3n) is 4.50. The van der Waals surface area contributed by atoms with Crippen LogP contribution in [0.5, 0.6) is 0 Å². The Morgan fingerprint density at radius 1 is 1.23 bits per heavy atom. The molecule has 1 amide bonds. The first kappa shape index (κ1) is 17.9. The number of hydrogen-bond donors (Lipinski definition) is 2. The third-order valence-corrected chi connectivity index (χ3v) is 4.50. The van der Waals surface area contributed by atoms with Gasteiger partial charge in [-0.05, 0) is 30.9 Å². The van der Waals surface area contributed by atoms with Crippen LogP contribution in [-0.4, -0.2) is 37.9 Å². The van der Waals surface area contributed by atoms with Gasteiger partial charge in [-0.3, -0.25) is 9.36 Å². The van der Waals surface area contributed by atoms with Gasteiger partial charge in [0.2, 0.25) is 5.91 Å². The number of carboxylic acid groups (broad SMARTS) is 1. The summed E-state index contributed by atoms with van der Waals surface area (Å²) in [6.07, 6.45) is 3.50. The summed E-state index contributed by atoms with van der Waals surface area (Å²) in [7, 11) is 0. The van der Waals surface area contributed by atoms with E-state index in [-0.39, 0.29) is 23.6 Å². The Morgan fingerprint density at radius 2 is 2.04 bits per heavy atom. The number of benzene rings is 1. The van der Waals surface area contributed by atoms with Crippen LogP contribution in [0.25, 0.3) is 0 Å². The van der Waals surface area contributed by atoms with Gasteiger partial charge in [0, 0.05) is 26.1 Å². The molecule has 1 aliphatic rings. The van der Waals surface area contributed by atoms with Crippen molar-refractivity contribution in [2.75, 3.05) is 6.54 Å². The number of fused-ring (bicyclic) bond motifs is 1. The van der Waals surface area contributed by atoms with Crippen LogP contribution in [0, 0.1) is 0 Å². The third kappa shape index (κ3) is 4.01. The van der Waals surface area contributed by atoms with Crippen molar-refractivity contribution in [3.8, 4) is 0 Å². The Labute approximate surface area is 150 Å². The Balaban J connectivity index is 1.48. The lowest BCUT2D eigenvalue weighted by Crippen LogP contribution is -2.30. The fourth-order valence-corrected chi connectivity index (χ4v) is 3.17. The second-order valence-corrected chi connectivity index (χ2v) is 6.37. The van der Waals surface area contributed by atoms with Crippen molar-refractivity contribution in [2.24, 2.45) is 0 Å². The normalized spacial score (nSPS) is 13.2. The highest BCUT2D eigenvalue weighted by Crippen LogP contribution is 2.10. The summed E-state index contributed by atoms with van der Waals surface area (Å²) in [5, 5.41) is 16.3. The van der Waals surface area contributed by atoms with Crippen molar-refractivity contribution in [3.05, 3.63) is 51.7 Å². The molecular weight excluding hydrogens is 336 g/mol. The highest BCUT2D eigenvalue weighted by atomic mass is 16.4. The predicted molar refractivity (Wildman–Crippen MR) is 94.2 cm³/mol. The molecule has 0 unspecified atom stereocenters. The lowest BCUT2D eigenvalue weighted by atomic mass is 10.0. The number of amides is 1. The highest BCUT2D eigenvalue weighted by molar-refractivity contribution is 5.91. The summed E-state index contributed by atoms with van der Waals surface area (Å²) in [5.41, 5.74) is 0.537. The molecular formula is C18H22N4O4. The molecule has 1 aromatic carbocycles. The smallest absolute Gasteiger partial charge is 0.345 e. The van der Waals surface area contributed by atoms with Crippen LogP contribution < -0.4 is 11.0 Å². The van der Waals surface area contributed by atoms with Crippen LogP contribution in [0.15, 0.2) is 29.1 Å². The Morgan fingerprint density at radius 3 is 2.81 bits per heavy atom. The van der Waals surface area contributed by atoms with Gasteiger partial charge in [-0.1, -0.05) is 18.2 Å². The van der Waals surface area contributed by atoms with Crippen molar-refractivity contribution in [1.82, 2.24) is 19.7 Å². The van der Waals surface area contributed by atoms with Gasteiger partial charge in [0.25, 0.3) is 0 Å². The molecule has 26 heavy (non-hydrogen) atoms. The van der Waals surface area contributed by atoms with Crippen LogP contribution in [0.2, 0.25) is 0 Å². The van der Waals surface area contributed by atoms with Crippen molar-refractivity contribution in [2.45, 2.75) is 45.2 Å². The fraction of sp³-hybridized carbons (Fsp3) is 0.444. The van der Waals surface area contributed by atoms with E-state index in [2.05, 4.69) is 10.4 Å². The first-order chi connectivity index (χ1) is 12.6. The maximum Gasteiger partial charge on any atom is 0.345 e. The summed E-state index contributed by atoms with van der Waals surface area (Å²) in [6.45, 7) is 1.58. The van der Waals surface area contributed by atoms with E-state index in [1.165, 1.54) is 10.7 Å². The number of nitrogens with zero attached hydrogens (tertiary/aromatic N) is 3. The molecule has 0 bridgehead atoms. The lowest BCUT2D eigenvalue weighted by Gasteiger charge is -2.09. The van der Waals surface area contributed by atoms with E-state index in [1.807, 2.05) is 0 Å². The molecule has 0 fully saturated rings. The summed E-state index contributed by atoms with van der Waals surface area (Å²) in [6, 6.07) is 6.46. The quantitative estimate of drug-likeness (QED) is 0.713. The van der Waals surface area contributed by atoms with Gasteiger partial charge in [0.1, 0.15) is 5.82 Å². The van der Waals surface area contributed by atoms with Crippen LogP contribution in [0.1, 0.15) is 41.0 Å². The predicted octanol–water partition coefficient (Wildman–Crippen LogP) is 0.828. The Kier molecular flexibility index (Phi) is 5.50. The Hall–Kier alpha value is -2.90. The van der Waals surface area contributed by atoms with Crippen LogP contribution in [0.4, 0.5) is 0 Å². The molecule has 0 atom stereocenters. The molecule has 8 nitrogen and oxygen atoms in total. The molecule has 2 N–H and O–H groups in total. The number of carbonyl (C=O) groups is 2. The number of aromatic nitrogens is 3. The van der Waals surface area contributed by atoms with Gasteiger partial charge in [-0.25, -0.2) is 14.3 Å². The van der Waals surface area contributed by atoms with E-state index in [1.54, 1.807) is 22.8 Å². The van der Waals surface area contributed by atoms with Crippen molar-refractivity contribution >= 4 is 11.9 Å². The molecule has 2 aromatic rings. The number of carboxylic acids is 1. The van der Waals surface area contributed by atoms with Gasteiger partial charge in [-0.2, -0.15) is 5.10 Å². The standard InChI is InChI=1S/C18H22N4O4/c23-16(12-13-6-1-2-7-14(13)17(24)25)19-9-5-11-22-18(26)21-10-4-3-8-15(21)20-22/h1-2,6-7H,3-5,8-12H2,(H,19,23)(H,24,25). The summed E-state index contributed by atoms with van der Waals surface area (Å²) in [4.78, 5) is 35.4. The average Bonchev–Trinajstić information content (AvgIpc) is 2.95. The zero-order valence-electron chi connectivity index (χ0n) is 14.5. The molecule has 0 aliphatic carbocycles. The summed E-state index contributed by atoms with van der Waals surface area (Å²) in [5.74, 6) is -0.442. The van der Waals surface area contributed by atoms with E-state index in [4.69, 9.17) is 5.11 Å². The second kappa shape index (κ2) is 7.99. The maximum absolute atomic E-state index is 12.2. The fourth-order valence-electron chi connectivity index (χ4n) is 3.17.